The van der Waals surface area contributed by atoms with Crippen molar-refractivity contribution in [3.8, 4) is 0 Å². The van der Waals surface area contributed by atoms with Gasteiger partial charge in [0.25, 0.3) is 0 Å². The summed E-state index contributed by atoms with van der Waals surface area (Å²) in [6.45, 7) is 4.24. The van der Waals surface area contributed by atoms with Crippen LogP contribution in [-0.4, -0.2) is 29.5 Å². The first-order valence-corrected chi connectivity index (χ1v) is 6.07. The number of aromatic nitrogens is 1. The summed E-state index contributed by atoms with van der Waals surface area (Å²) in [4.78, 5) is 6.78. The number of nitrogens with two attached hydrogens (primary N) is 1. The molecule has 0 aromatic carbocycles. The smallest absolute Gasteiger partial charge is 0.107 e. The average Bonchev–Trinajstić information content (AvgIpc) is 2.72. The van der Waals surface area contributed by atoms with Crippen molar-refractivity contribution in [2.75, 3.05) is 19.6 Å². The van der Waals surface area contributed by atoms with Crippen LogP contribution in [0.4, 0.5) is 0 Å². The van der Waals surface area contributed by atoms with Crippen LogP contribution in [-0.2, 0) is 6.54 Å². The summed E-state index contributed by atoms with van der Waals surface area (Å²) >= 11 is 1.75. The molecular formula is C10H18ClN3S. The quantitative estimate of drug-likeness (QED) is 0.885. The fourth-order valence-corrected chi connectivity index (χ4v) is 2.56. The number of nitrogens with zero attached hydrogens (tertiary/aromatic N) is 2. The molecule has 3 nitrogen and oxygen atoms in total. The zero-order valence-corrected chi connectivity index (χ0v) is 10.4. The monoisotopic (exact) mass is 247 g/mol. The van der Waals surface area contributed by atoms with Crippen LogP contribution in [0.2, 0.25) is 0 Å². The fraction of sp³-hybridized carbons (Fsp3) is 0.700. The van der Waals surface area contributed by atoms with E-state index in [0.29, 0.717) is 0 Å². The normalized spacial score (nSPS) is 18.7. The molecule has 1 aliphatic heterocycles. The third-order valence-electron chi connectivity index (χ3n) is 2.88. The molecule has 0 unspecified atom stereocenters. The van der Waals surface area contributed by atoms with Crippen LogP contribution in [0.1, 0.15) is 17.8 Å². The van der Waals surface area contributed by atoms with Gasteiger partial charge in [0, 0.05) is 11.6 Å². The third-order valence-corrected chi connectivity index (χ3v) is 3.65. The highest BCUT2D eigenvalue weighted by atomic mass is 35.5. The standard InChI is InChI=1S/C10H17N3S.ClH/c11-7-9-1-4-13(5-2-9)8-10-12-3-6-14-10;/h3,6,9H,1-2,4-5,7-8,11H2;1H. The van der Waals surface area contributed by atoms with E-state index in [1.54, 1.807) is 11.3 Å². The van der Waals surface area contributed by atoms with Gasteiger partial charge < -0.3 is 5.73 Å². The molecule has 0 atom stereocenters. The van der Waals surface area contributed by atoms with Gasteiger partial charge >= 0.3 is 0 Å². The van der Waals surface area contributed by atoms with Crippen LogP contribution in [0.3, 0.4) is 0 Å². The minimum atomic E-state index is 0. The van der Waals surface area contributed by atoms with Crippen molar-refractivity contribution in [2.45, 2.75) is 19.4 Å². The summed E-state index contributed by atoms with van der Waals surface area (Å²) < 4.78 is 0. The molecule has 15 heavy (non-hydrogen) atoms. The Morgan fingerprint density at radius 3 is 2.73 bits per heavy atom. The van der Waals surface area contributed by atoms with Crippen LogP contribution in [0.15, 0.2) is 11.6 Å². The zero-order chi connectivity index (χ0) is 9.80. The molecule has 0 saturated carbocycles. The number of halogens is 1. The highest BCUT2D eigenvalue weighted by molar-refractivity contribution is 7.09. The summed E-state index contributed by atoms with van der Waals surface area (Å²) in [5, 5.41) is 3.28. The van der Waals surface area contributed by atoms with E-state index < -0.39 is 0 Å². The van der Waals surface area contributed by atoms with Gasteiger partial charge in [0.1, 0.15) is 5.01 Å². The Morgan fingerprint density at radius 2 is 2.20 bits per heavy atom. The van der Waals surface area contributed by atoms with Gasteiger partial charge in [0.15, 0.2) is 0 Å². The van der Waals surface area contributed by atoms with E-state index in [4.69, 9.17) is 5.73 Å². The van der Waals surface area contributed by atoms with Crippen molar-refractivity contribution in [2.24, 2.45) is 11.7 Å². The van der Waals surface area contributed by atoms with Gasteiger partial charge in [-0.2, -0.15) is 0 Å². The van der Waals surface area contributed by atoms with Crippen LogP contribution >= 0.6 is 23.7 Å². The highest BCUT2D eigenvalue weighted by Crippen LogP contribution is 2.18. The predicted octanol–water partition coefficient (Wildman–Crippen LogP) is 1.74. The van der Waals surface area contributed by atoms with Crippen molar-refractivity contribution in [1.82, 2.24) is 9.88 Å². The number of piperidine rings is 1. The lowest BCUT2D eigenvalue weighted by Crippen LogP contribution is -2.35. The Kier molecular flexibility index (Phi) is 5.53. The van der Waals surface area contributed by atoms with E-state index in [1.807, 2.05) is 11.6 Å². The lowest BCUT2D eigenvalue weighted by atomic mass is 9.97. The average molecular weight is 248 g/mol. The molecule has 2 rings (SSSR count). The van der Waals surface area contributed by atoms with E-state index in [1.165, 1.54) is 30.9 Å². The molecular weight excluding hydrogens is 230 g/mol. The maximum Gasteiger partial charge on any atom is 0.107 e. The molecule has 0 spiro atoms. The Labute approximate surface area is 101 Å². The van der Waals surface area contributed by atoms with Crippen LogP contribution < -0.4 is 5.73 Å². The maximum atomic E-state index is 5.66. The first-order chi connectivity index (χ1) is 6.88. The molecule has 1 aromatic rings. The van der Waals surface area contributed by atoms with Gasteiger partial charge in [0.05, 0.1) is 6.54 Å². The van der Waals surface area contributed by atoms with Crippen molar-refractivity contribution in [1.29, 1.82) is 0 Å². The number of rotatable bonds is 3. The minimum Gasteiger partial charge on any atom is -0.330 e. The second-order valence-electron chi connectivity index (χ2n) is 3.88. The maximum absolute atomic E-state index is 5.66. The molecule has 0 radical (unpaired) electrons. The van der Waals surface area contributed by atoms with Crippen LogP contribution in [0.25, 0.3) is 0 Å². The number of hydrogen-bond donors (Lipinski definition) is 1. The predicted molar refractivity (Wildman–Crippen MR) is 66.4 cm³/mol. The summed E-state index contributed by atoms with van der Waals surface area (Å²) in [7, 11) is 0. The number of thiazole rings is 1. The molecule has 1 fully saturated rings. The second kappa shape index (κ2) is 6.43. The Bertz CT molecular complexity index is 258. The molecule has 1 aromatic heterocycles. The van der Waals surface area contributed by atoms with Crippen molar-refractivity contribution in [3.63, 3.8) is 0 Å². The molecule has 1 saturated heterocycles. The molecule has 0 aliphatic carbocycles. The Morgan fingerprint density at radius 1 is 1.47 bits per heavy atom. The lowest BCUT2D eigenvalue weighted by Gasteiger charge is -2.30. The molecule has 5 heteroatoms. The molecule has 0 amide bonds. The summed E-state index contributed by atoms with van der Waals surface area (Å²) in [5.41, 5.74) is 5.66. The largest absolute Gasteiger partial charge is 0.330 e. The third kappa shape index (κ3) is 3.72. The van der Waals surface area contributed by atoms with E-state index >= 15 is 0 Å². The van der Waals surface area contributed by atoms with Crippen LogP contribution in [0, 0.1) is 5.92 Å². The van der Waals surface area contributed by atoms with Gasteiger partial charge in [-0.15, -0.1) is 23.7 Å². The van der Waals surface area contributed by atoms with E-state index in [9.17, 15) is 0 Å². The minimum absolute atomic E-state index is 0. The number of hydrogen-bond acceptors (Lipinski definition) is 4. The summed E-state index contributed by atoms with van der Waals surface area (Å²) in [6, 6.07) is 0. The van der Waals surface area contributed by atoms with Gasteiger partial charge in [-0.05, 0) is 38.4 Å². The first-order valence-electron chi connectivity index (χ1n) is 5.19. The molecule has 86 valence electrons. The molecule has 2 N–H and O–H groups in total. The van der Waals surface area contributed by atoms with Crippen molar-refractivity contribution < 1.29 is 0 Å². The summed E-state index contributed by atoms with van der Waals surface area (Å²) in [6.07, 6.45) is 4.39. The Hall–Kier alpha value is -0.160. The van der Waals surface area contributed by atoms with Gasteiger partial charge in [-0.1, -0.05) is 0 Å². The topological polar surface area (TPSA) is 42.1 Å². The van der Waals surface area contributed by atoms with Crippen molar-refractivity contribution >= 4 is 23.7 Å². The molecule has 2 heterocycles. The van der Waals surface area contributed by atoms with E-state index in [-0.39, 0.29) is 12.4 Å². The van der Waals surface area contributed by atoms with Crippen LogP contribution in [0.5, 0.6) is 0 Å². The van der Waals surface area contributed by atoms with Crippen molar-refractivity contribution in [3.05, 3.63) is 16.6 Å². The van der Waals surface area contributed by atoms with E-state index in [2.05, 4.69) is 9.88 Å². The molecule has 1 aliphatic rings. The van der Waals surface area contributed by atoms with E-state index in [0.717, 1.165) is 19.0 Å². The highest BCUT2D eigenvalue weighted by Gasteiger charge is 2.18. The molecule has 0 bridgehead atoms. The van der Waals surface area contributed by atoms with Gasteiger partial charge in [-0.25, -0.2) is 4.98 Å². The number of likely N-dealkylation sites (tertiary alicyclic amines) is 1. The Balaban J connectivity index is 0.00000112. The zero-order valence-electron chi connectivity index (χ0n) is 8.76. The van der Waals surface area contributed by atoms with Gasteiger partial charge in [0.2, 0.25) is 0 Å². The summed E-state index contributed by atoms with van der Waals surface area (Å²) in [5.74, 6) is 0.752. The second-order valence-corrected chi connectivity index (χ2v) is 4.86. The van der Waals surface area contributed by atoms with Gasteiger partial charge in [-0.3, -0.25) is 4.90 Å². The first kappa shape index (κ1) is 12.9. The SMILES string of the molecule is Cl.NCC1CCN(Cc2nccs2)CC1. The fourth-order valence-electron chi connectivity index (χ4n) is 1.90. The lowest BCUT2D eigenvalue weighted by molar-refractivity contribution is 0.180.